The number of nitrogens with zero attached hydrogens (tertiary/aromatic N) is 3. The Labute approximate surface area is 109 Å². The first-order valence-electron chi connectivity index (χ1n) is 6.21. The van der Waals surface area contributed by atoms with Crippen molar-refractivity contribution in [1.29, 1.82) is 0 Å². The van der Waals surface area contributed by atoms with E-state index in [1.165, 1.54) is 0 Å². The molecule has 17 heavy (non-hydrogen) atoms. The van der Waals surface area contributed by atoms with Gasteiger partial charge < -0.3 is 4.90 Å². The predicted molar refractivity (Wildman–Crippen MR) is 73.7 cm³/mol. The summed E-state index contributed by atoms with van der Waals surface area (Å²) in [6.07, 6.45) is 3.51. The molecule has 1 unspecified atom stereocenters. The summed E-state index contributed by atoms with van der Waals surface area (Å²) in [5.74, 6) is 1.54. The Hall–Kier alpha value is -0.830. The lowest BCUT2D eigenvalue weighted by Gasteiger charge is -2.30. The smallest absolute Gasteiger partial charge is 0.137 e. The number of rotatable bonds is 5. The van der Waals surface area contributed by atoms with Gasteiger partial charge in [-0.15, -0.1) is 0 Å². The number of hydrogen-bond donors (Lipinski definition) is 0. The fraction of sp³-hybridized carbons (Fsp3) is 0.692. The predicted octanol–water partition coefficient (Wildman–Crippen LogP) is 3.56. The van der Waals surface area contributed by atoms with E-state index in [9.17, 15) is 0 Å². The van der Waals surface area contributed by atoms with E-state index >= 15 is 0 Å². The van der Waals surface area contributed by atoms with Gasteiger partial charge >= 0.3 is 0 Å². The van der Waals surface area contributed by atoms with Gasteiger partial charge in [-0.25, -0.2) is 9.97 Å². The highest BCUT2D eigenvalue weighted by Gasteiger charge is 2.19. The third-order valence-electron chi connectivity index (χ3n) is 3.28. The molecule has 0 N–H and O–H groups in total. The van der Waals surface area contributed by atoms with Gasteiger partial charge in [-0.1, -0.05) is 38.8 Å². The second kappa shape index (κ2) is 6.20. The van der Waals surface area contributed by atoms with Gasteiger partial charge in [0.1, 0.15) is 17.3 Å². The van der Waals surface area contributed by atoms with Crippen molar-refractivity contribution in [3.63, 3.8) is 0 Å². The third-order valence-corrected chi connectivity index (χ3v) is 3.61. The molecule has 0 aliphatic rings. The molecule has 0 saturated heterocycles. The van der Waals surface area contributed by atoms with Gasteiger partial charge in [0.15, 0.2) is 0 Å². The first-order chi connectivity index (χ1) is 7.99. The number of hydrogen-bond acceptors (Lipinski definition) is 3. The second-order valence-electron chi connectivity index (χ2n) is 4.81. The molecule has 0 amide bonds. The second-order valence-corrected chi connectivity index (χ2v) is 5.17. The summed E-state index contributed by atoms with van der Waals surface area (Å²) in [6.45, 7) is 8.77. The highest BCUT2D eigenvalue weighted by molar-refractivity contribution is 6.30. The van der Waals surface area contributed by atoms with Crippen LogP contribution in [0.4, 0.5) is 5.82 Å². The lowest BCUT2D eigenvalue weighted by Crippen LogP contribution is -2.34. The van der Waals surface area contributed by atoms with Gasteiger partial charge in [-0.05, 0) is 19.3 Å². The average Bonchev–Trinajstić information content (AvgIpc) is 2.30. The van der Waals surface area contributed by atoms with Crippen molar-refractivity contribution >= 4 is 17.4 Å². The van der Waals surface area contributed by atoms with E-state index in [4.69, 9.17) is 11.6 Å². The van der Waals surface area contributed by atoms with Crippen molar-refractivity contribution in [2.24, 2.45) is 5.92 Å². The summed E-state index contributed by atoms with van der Waals surface area (Å²) < 4.78 is 0. The molecule has 0 bridgehead atoms. The Balaban J connectivity index is 3.07. The molecule has 96 valence electrons. The van der Waals surface area contributed by atoms with Crippen LogP contribution in [0, 0.1) is 5.92 Å². The van der Waals surface area contributed by atoms with E-state index in [1.54, 1.807) is 6.33 Å². The maximum Gasteiger partial charge on any atom is 0.137 e. The maximum absolute atomic E-state index is 6.16. The first kappa shape index (κ1) is 14.2. The third kappa shape index (κ3) is 3.32. The van der Waals surface area contributed by atoms with Gasteiger partial charge in [0.25, 0.3) is 0 Å². The number of aromatic nitrogens is 2. The minimum Gasteiger partial charge on any atom is -0.356 e. The standard InChI is InChI=1S/C13H22ClN3/c1-6-7-11-12(14)15-8-16-13(11)17(5)10(4)9(2)3/h8-10H,6-7H2,1-5H3. The maximum atomic E-state index is 6.16. The quantitative estimate of drug-likeness (QED) is 0.754. The van der Waals surface area contributed by atoms with Crippen LogP contribution in [0.25, 0.3) is 0 Å². The minimum atomic E-state index is 0.427. The van der Waals surface area contributed by atoms with Gasteiger partial charge in [0.05, 0.1) is 0 Å². The summed E-state index contributed by atoms with van der Waals surface area (Å²) in [4.78, 5) is 10.7. The fourth-order valence-corrected chi connectivity index (χ4v) is 2.01. The Morgan fingerprint density at radius 1 is 1.29 bits per heavy atom. The largest absolute Gasteiger partial charge is 0.356 e. The molecule has 1 heterocycles. The lowest BCUT2D eigenvalue weighted by atomic mass is 10.0. The van der Waals surface area contributed by atoms with Crippen molar-refractivity contribution < 1.29 is 0 Å². The van der Waals surface area contributed by atoms with Crippen LogP contribution in [-0.2, 0) is 6.42 Å². The van der Waals surface area contributed by atoms with E-state index < -0.39 is 0 Å². The van der Waals surface area contributed by atoms with Gasteiger partial charge in [0, 0.05) is 18.7 Å². The van der Waals surface area contributed by atoms with Crippen LogP contribution in [0.2, 0.25) is 5.15 Å². The topological polar surface area (TPSA) is 29.0 Å². The van der Waals surface area contributed by atoms with E-state index in [0.717, 1.165) is 24.2 Å². The van der Waals surface area contributed by atoms with Gasteiger partial charge in [-0.3, -0.25) is 0 Å². The van der Waals surface area contributed by atoms with Crippen LogP contribution in [0.15, 0.2) is 6.33 Å². The summed E-state index contributed by atoms with van der Waals surface area (Å²) in [5.41, 5.74) is 1.06. The van der Waals surface area contributed by atoms with Crippen LogP contribution in [0.5, 0.6) is 0 Å². The molecule has 1 aromatic heterocycles. The van der Waals surface area contributed by atoms with Crippen LogP contribution < -0.4 is 4.90 Å². The molecule has 0 spiro atoms. The molecular formula is C13H22ClN3. The summed E-state index contributed by atoms with van der Waals surface area (Å²) in [5, 5.41) is 0.583. The van der Waals surface area contributed by atoms with Crippen LogP contribution >= 0.6 is 11.6 Å². The van der Waals surface area contributed by atoms with Crippen LogP contribution in [0.1, 0.15) is 39.7 Å². The monoisotopic (exact) mass is 255 g/mol. The SMILES string of the molecule is CCCc1c(Cl)ncnc1N(C)C(C)C(C)C. The molecule has 1 aromatic rings. The minimum absolute atomic E-state index is 0.427. The zero-order chi connectivity index (χ0) is 13.0. The van der Waals surface area contributed by atoms with Crippen molar-refractivity contribution in [3.05, 3.63) is 17.0 Å². The normalized spacial score (nSPS) is 12.9. The molecule has 0 radical (unpaired) electrons. The van der Waals surface area contributed by atoms with E-state index in [-0.39, 0.29) is 0 Å². The molecule has 1 atom stereocenters. The highest BCUT2D eigenvalue weighted by atomic mass is 35.5. The number of halogens is 1. The lowest BCUT2D eigenvalue weighted by molar-refractivity contribution is 0.501. The van der Waals surface area contributed by atoms with E-state index in [1.807, 2.05) is 0 Å². The summed E-state index contributed by atoms with van der Waals surface area (Å²) in [7, 11) is 2.07. The van der Waals surface area contributed by atoms with Gasteiger partial charge in [0.2, 0.25) is 0 Å². The average molecular weight is 256 g/mol. The summed E-state index contributed by atoms with van der Waals surface area (Å²) >= 11 is 6.16. The Kier molecular flexibility index (Phi) is 5.19. The van der Waals surface area contributed by atoms with Crippen LogP contribution in [0.3, 0.4) is 0 Å². The number of anilines is 1. The van der Waals surface area contributed by atoms with Crippen molar-refractivity contribution in [2.75, 3.05) is 11.9 Å². The van der Waals surface area contributed by atoms with Crippen molar-refractivity contribution in [3.8, 4) is 0 Å². The first-order valence-corrected chi connectivity index (χ1v) is 6.59. The molecule has 0 aliphatic carbocycles. The van der Waals surface area contributed by atoms with E-state index in [0.29, 0.717) is 17.1 Å². The Bertz CT molecular complexity index is 366. The Morgan fingerprint density at radius 2 is 1.94 bits per heavy atom. The fourth-order valence-electron chi connectivity index (χ4n) is 1.79. The molecule has 1 rings (SSSR count). The summed E-state index contributed by atoms with van der Waals surface area (Å²) in [6, 6.07) is 0.427. The molecule has 3 nitrogen and oxygen atoms in total. The molecule has 4 heteroatoms. The molecule has 0 aromatic carbocycles. The highest BCUT2D eigenvalue weighted by Crippen LogP contribution is 2.26. The zero-order valence-electron chi connectivity index (χ0n) is 11.4. The van der Waals surface area contributed by atoms with Crippen molar-refractivity contribution in [2.45, 2.75) is 46.6 Å². The molecular weight excluding hydrogens is 234 g/mol. The van der Waals surface area contributed by atoms with E-state index in [2.05, 4.69) is 49.6 Å². The molecule has 0 fully saturated rings. The van der Waals surface area contributed by atoms with Crippen molar-refractivity contribution in [1.82, 2.24) is 9.97 Å². The zero-order valence-corrected chi connectivity index (χ0v) is 12.1. The molecule has 0 aliphatic heterocycles. The van der Waals surface area contributed by atoms with Gasteiger partial charge in [-0.2, -0.15) is 0 Å². The van der Waals surface area contributed by atoms with Crippen LogP contribution in [-0.4, -0.2) is 23.1 Å². The Morgan fingerprint density at radius 3 is 2.47 bits per heavy atom. The molecule has 0 saturated carbocycles.